The van der Waals surface area contributed by atoms with E-state index in [0.717, 1.165) is 5.56 Å². The second-order valence-electron chi connectivity index (χ2n) is 4.50. The van der Waals surface area contributed by atoms with Gasteiger partial charge in [0.1, 0.15) is 5.52 Å². The van der Waals surface area contributed by atoms with Gasteiger partial charge in [-0.25, -0.2) is 4.98 Å². The molecule has 0 saturated heterocycles. The summed E-state index contributed by atoms with van der Waals surface area (Å²) in [5, 5.41) is 14.6. The number of hydrogen-bond acceptors (Lipinski definition) is 6. The number of nitrogens with zero attached hydrogens (tertiary/aromatic N) is 1. The van der Waals surface area contributed by atoms with Crippen molar-refractivity contribution in [1.29, 1.82) is 0 Å². The Morgan fingerprint density at radius 2 is 2.24 bits per heavy atom. The molecule has 0 fully saturated rings. The first-order valence-corrected chi connectivity index (χ1v) is 6.25. The smallest absolute Gasteiger partial charge is 0.280 e. The second-order valence-corrected chi connectivity index (χ2v) is 4.50. The molecule has 0 unspecified atom stereocenters. The van der Waals surface area contributed by atoms with E-state index in [-0.39, 0.29) is 17.7 Å². The van der Waals surface area contributed by atoms with Gasteiger partial charge in [0, 0.05) is 24.4 Å². The third-order valence-corrected chi connectivity index (χ3v) is 3.16. The average Bonchev–Trinajstić information content (AvgIpc) is 3.08. The first-order valence-electron chi connectivity index (χ1n) is 6.25. The van der Waals surface area contributed by atoms with E-state index in [4.69, 9.17) is 4.52 Å². The minimum absolute atomic E-state index is 0.239. The predicted molar refractivity (Wildman–Crippen MR) is 72.7 cm³/mol. The standard InChI is InChI=1S/C12H13N5O4/c18-4-7(8-1-9(19)17-21-8)13-2-6-3-14-11-10(6)15-5-16-12(11)20/h1,3,5,7,13-14,18H,2,4H2,(H,17,19)(H,15,16,20)/t7-/m1/s1. The largest absolute Gasteiger partial charge is 0.394 e. The molecule has 0 amide bonds. The lowest BCUT2D eigenvalue weighted by atomic mass is 10.2. The van der Waals surface area contributed by atoms with E-state index in [9.17, 15) is 14.7 Å². The van der Waals surface area contributed by atoms with Crippen LogP contribution in [0.5, 0.6) is 0 Å². The number of fused-ring (bicyclic) bond motifs is 1. The summed E-state index contributed by atoms with van der Waals surface area (Å²) in [5.74, 6) is 0.313. The molecule has 9 nitrogen and oxygen atoms in total. The van der Waals surface area contributed by atoms with Crippen LogP contribution >= 0.6 is 0 Å². The highest BCUT2D eigenvalue weighted by atomic mass is 16.5. The molecule has 0 spiro atoms. The molecule has 0 bridgehead atoms. The van der Waals surface area contributed by atoms with Crippen LogP contribution in [0.15, 0.2) is 32.7 Å². The SMILES string of the molecule is O=c1cc([C@@H](CO)NCc2c[nH]c3c(=O)[nH]cnc23)o[nH]1. The van der Waals surface area contributed by atoms with Crippen LogP contribution in [0, 0.1) is 0 Å². The highest BCUT2D eigenvalue weighted by Crippen LogP contribution is 2.14. The number of aliphatic hydroxyl groups is 1. The molecule has 0 radical (unpaired) electrons. The van der Waals surface area contributed by atoms with Crippen LogP contribution in [0.2, 0.25) is 0 Å². The Hall–Kier alpha value is -2.65. The molecule has 5 N–H and O–H groups in total. The van der Waals surface area contributed by atoms with Gasteiger partial charge in [-0.05, 0) is 0 Å². The molecule has 0 aliphatic rings. The van der Waals surface area contributed by atoms with Gasteiger partial charge in [0.25, 0.3) is 11.1 Å². The fourth-order valence-corrected chi connectivity index (χ4v) is 2.10. The number of nitrogens with one attached hydrogen (secondary N) is 4. The van der Waals surface area contributed by atoms with E-state index in [1.807, 2.05) is 0 Å². The van der Waals surface area contributed by atoms with Gasteiger partial charge in [0.15, 0.2) is 5.76 Å². The summed E-state index contributed by atoms with van der Waals surface area (Å²) < 4.78 is 4.96. The number of aromatic nitrogens is 4. The quantitative estimate of drug-likeness (QED) is 0.423. The van der Waals surface area contributed by atoms with E-state index in [1.165, 1.54) is 12.4 Å². The van der Waals surface area contributed by atoms with Gasteiger partial charge >= 0.3 is 0 Å². The zero-order chi connectivity index (χ0) is 14.8. The molecule has 3 aromatic heterocycles. The highest BCUT2D eigenvalue weighted by molar-refractivity contribution is 5.77. The molecule has 0 saturated carbocycles. The second kappa shape index (κ2) is 5.38. The summed E-state index contributed by atoms with van der Waals surface area (Å²) in [6.07, 6.45) is 3.00. The fourth-order valence-electron chi connectivity index (χ4n) is 2.10. The Morgan fingerprint density at radius 1 is 1.38 bits per heavy atom. The normalized spacial score (nSPS) is 12.8. The van der Waals surface area contributed by atoms with Crippen LogP contribution in [0.25, 0.3) is 11.0 Å². The molecule has 110 valence electrons. The molecule has 0 aliphatic heterocycles. The lowest BCUT2D eigenvalue weighted by Gasteiger charge is -2.12. The molecule has 21 heavy (non-hydrogen) atoms. The molecule has 9 heteroatoms. The van der Waals surface area contributed by atoms with Crippen molar-refractivity contribution in [2.24, 2.45) is 0 Å². The van der Waals surface area contributed by atoms with Crippen molar-refractivity contribution in [2.45, 2.75) is 12.6 Å². The lowest BCUT2D eigenvalue weighted by molar-refractivity contribution is 0.215. The summed E-state index contributed by atoms with van der Waals surface area (Å²) in [7, 11) is 0. The topological polar surface area (TPSA) is 140 Å². The number of H-pyrrole nitrogens is 3. The molecular weight excluding hydrogens is 278 g/mol. The Bertz CT molecular complexity index is 858. The minimum atomic E-state index is -0.532. The van der Waals surface area contributed by atoms with Crippen molar-refractivity contribution in [3.8, 4) is 0 Å². The van der Waals surface area contributed by atoms with E-state index in [1.54, 1.807) is 6.20 Å². The number of aliphatic hydroxyl groups excluding tert-OH is 1. The molecule has 0 aromatic carbocycles. The van der Waals surface area contributed by atoms with Gasteiger partial charge in [-0.2, -0.15) is 5.16 Å². The summed E-state index contributed by atoms with van der Waals surface area (Å²) in [6, 6.07) is 0.738. The summed E-state index contributed by atoms with van der Waals surface area (Å²) in [4.78, 5) is 32.1. The van der Waals surface area contributed by atoms with Crippen molar-refractivity contribution < 1.29 is 9.63 Å². The van der Waals surface area contributed by atoms with E-state index in [2.05, 4.69) is 25.4 Å². The van der Waals surface area contributed by atoms with Crippen LogP contribution in [0.1, 0.15) is 17.4 Å². The predicted octanol–water partition coefficient (Wildman–Crippen LogP) is -0.644. The molecule has 1 atom stereocenters. The highest BCUT2D eigenvalue weighted by Gasteiger charge is 2.16. The lowest BCUT2D eigenvalue weighted by Crippen LogP contribution is -2.23. The van der Waals surface area contributed by atoms with Gasteiger partial charge in [-0.3, -0.25) is 9.59 Å². The van der Waals surface area contributed by atoms with Gasteiger partial charge < -0.3 is 24.9 Å². The number of rotatable bonds is 5. The first-order chi connectivity index (χ1) is 10.2. The zero-order valence-corrected chi connectivity index (χ0v) is 10.8. The Morgan fingerprint density at radius 3 is 2.95 bits per heavy atom. The van der Waals surface area contributed by atoms with Gasteiger partial charge in [0.05, 0.1) is 24.5 Å². The van der Waals surface area contributed by atoms with E-state index < -0.39 is 6.04 Å². The maximum Gasteiger partial charge on any atom is 0.280 e. The maximum absolute atomic E-state index is 11.6. The van der Waals surface area contributed by atoms with Crippen LogP contribution in [-0.4, -0.2) is 31.8 Å². The van der Waals surface area contributed by atoms with Crippen LogP contribution in [0.3, 0.4) is 0 Å². The van der Waals surface area contributed by atoms with Crippen molar-refractivity contribution in [1.82, 2.24) is 25.4 Å². The Labute approximate surface area is 117 Å². The van der Waals surface area contributed by atoms with Crippen LogP contribution in [-0.2, 0) is 6.54 Å². The number of aromatic amines is 3. The summed E-state index contributed by atoms with van der Waals surface area (Å²) in [5.41, 5.74) is 1.10. The summed E-state index contributed by atoms with van der Waals surface area (Å²) in [6.45, 7) is 0.105. The van der Waals surface area contributed by atoms with Crippen molar-refractivity contribution >= 4 is 11.0 Å². The molecular formula is C12H13N5O4. The van der Waals surface area contributed by atoms with E-state index in [0.29, 0.717) is 23.3 Å². The van der Waals surface area contributed by atoms with E-state index >= 15 is 0 Å². The van der Waals surface area contributed by atoms with Gasteiger partial charge in [-0.15, -0.1) is 0 Å². The van der Waals surface area contributed by atoms with Gasteiger partial charge in [0.2, 0.25) is 0 Å². The third-order valence-electron chi connectivity index (χ3n) is 3.16. The molecule has 3 heterocycles. The molecule has 0 aliphatic carbocycles. The van der Waals surface area contributed by atoms with Crippen LogP contribution in [0.4, 0.5) is 0 Å². The molecule has 3 rings (SSSR count). The van der Waals surface area contributed by atoms with Crippen molar-refractivity contribution in [3.63, 3.8) is 0 Å². The van der Waals surface area contributed by atoms with Crippen LogP contribution < -0.4 is 16.4 Å². The Balaban J connectivity index is 1.81. The average molecular weight is 291 g/mol. The summed E-state index contributed by atoms with van der Waals surface area (Å²) >= 11 is 0. The minimum Gasteiger partial charge on any atom is -0.394 e. The maximum atomic E-state index is 11.6. The zero-order valence-electron chi connectivity index (χ0n) is 10.8. The molecule has 3 aromatic rings. The van der Waals surface area contributed by atoms with Crippen molar-refractivity contribution in [2.75, 3.05) is 6.61 Å². The van der Waals surface area contributed by atoms with Crippen molar-refractivity contribution in [3.05, 3.63) is 50.6 Å². The monoisotopic (exact) mass is 291 g/mol. The fraction of sp³-hybridized carbons (Fsp3) is 0.250. The van der Waals surface area contributed by atoms with Gasteiger partial charge in [-0.1, -0.05) is 0 Å². The first kappa shape index (κ1) is 13.3. The number of hydrogen-bond donors (Lipinski definition) is 5. The Kier molecular flexibility index (Phi) is 3.42. The third kappa shape index (κ3) is 2.51.